The van der Waals surface area contributed by atoms with Crippen LogP contribution in [-0.2, 0) is 33.6 Å². The average molecular weight is 893 g/mol. The van der Waals surface area contributed by atoms with Gasteiger partial charge in [0.05, 0.1) is 18.4 Å². The minimum Gasteiger partial charge on any atom is -0.481 e. The van der Waals surface area contributed by atoms with Crippen LogP contribution >= 0.6 is 0 Å². The number of carboxylic acids is 2. The number of aromatic nitrogens is 1. The molecule has 5 rings (SSSR count). The number of aliphatic carboxylic acids is 2. The van der Waals surface area contributed by atoms with Gasteiger partial charge in [-0.15, -0.1) is 0 Å². The van der Waals surface area contributed by atoms with Gasteiger partial charge in [-0.1, -0.05) is 78.8 Å². The van der Waals surface area contributed by atoms with Gasteiger partial charge in [-0.25, -0.2) is 13.8 Å². The zero-order valence-corrected chi connectivity index (χ0v) is 36.6. The summed E-state index contributed by atoms with van der Waals surface area (Å²) >= 11 is 0. The Kier molecular flexibility index (Phi) is 14.8. The maximum absolute atomic E-state index is 14.7. The molecular formula is C45H54F2N6O11. The van der Waals surface area contributed by atoms with Crippen LogP contribution in [0.1, 0.15) is 78.2 Å². The molecule has 7 atom stereocenters. The van der Waals surface area contributed by atoms with E-state index in [1.807, 2.05) is 32.9 Å². The molecule has 1 aromatic heterocycles. The van der Waals surface area contributed by atoms with Crippen molar-refractivity contribution < 1.29 is 62.1 Å². The second-order valence-corrected chi connectivity index (χ2v) is 18.0. The number of hydrogen-bond donors (Lipinski definition) is 6. The quantitative estimate of drug-likeness (QED) is 0.102. The van der Waals surface area contributed by atoms with Gasteiger partial charge in [0, 0.05) is 17.8 Å². The van der Waals surface area contributed by atoms with Crippen LogP contribution in [0.3, 0.4) is 0 Å². The molecule has 1 saturated heterocycles. The number of ketones is 1. The number of carbonyl (C=O) groups excluding carboxylic acids is 6. The second-order valence-electron chi connectivity index (χ2n) is 18.0. The summed E-state index contributed by atoms with van der Waals surface area (Å²) in [6, 6.07) is 7.06. The van der Waals surface area contributed by atoms with E-state index in [-0.39, 0.29) is 12.2 Å². The Bertz CT molecular complexity index is 2310. The molecule has 0 bridgehead atoms. The fraction of sp³-hybridized carbons (Fsp3) is 0.489. The number of halogens is 2. The van der Waals surface area contributed by atoms with E-state index in [1.54, 1.807) is 45.9 Å². The molecule has 64 heavy (non-hydrogen) atoms. The smallest absolute Gasteiger partial charge is 0.305 e. The molecule has 2 aliphatic rings. The first-order chi connectivity index (χ1) is 30.0. The maximum Gasteiger partial charge on any atom is 0.305 e. The third-order valence-corrected chi connectivity index (χ3v) is 11.7. The van der Waals surface area contributed by atoms with Crippen LogP contribution in [0.2, 0.25) is 0 Å². The average Bonchev–Trinajstić information content (AvgIpc) is 3.76. The van der Waals surface area contributed by atoms with Gasteiger partial charge in [-0.3, -0.25) is 38.4 Å². The summed E-state index contributed by atoms with van der Waals surface area (Å²) in [7, 11) is 0. The van der Waals surface area contributed by atoms with Crippen LogP contribution in [-0.4, -0.2) is 110 Å². The lowest BCUT2D eigenvalue weighted by Gasteiger charge is -2.37. The number of amides is 5. The highest BCUT2D eigenvalue weighted by atomic mass is 19.1. The topological polar surface area (TPSA) is 250 Å². The summed E-state index contributed by atoms with van der Waals surface area (Å²) in [4.78, 5) is 113. The van der Waals surface area contributed by atoms with Crippen LogP contribution in [0, 0.1) is 40.7 Å². The zero-order chi connectivity index (χ0) is 47.4. The molecule has 1 aliphatic heterocycles. The summed E-state index contributed by atoms with van der Waals surface area (Å²) in [5.41, 5.74) is -1.69. The number of Topliss-reactive ketones (excluding diaryl/α,β-unsaturated/α-hetero) is 1. The number of nitrogens with zero attached hydrogens (tertiary/aromatic N) is 2. The Morgan fingerprint density at radius 3 is 1.97 bits per heavy atom. The number of nitrogens with one attached hydrogen (secondary N) is 4. The van der Waals surface area contributed by atoms with E-state index in [4.69, 9.17) is 4.74 Å². The Morgan fingerprint density at radius 2 is 1.39 bits per heavy atom. The van der Waals surface area contributed by atoms with Gasteiger partial charge in [0.2, 0.25) is 23.6 Å². The number of carbonyl (C=O) groups is 8. The van der Waals surface area contributed by atoms with Gasteiger partial charge in [0.1, 0.15) is 42.0 Å². The predicted octanol–water partition coefficient (Wildman–Crippen LogP) is 3.24. The summed E-state index contributed by atoms with van der Waals surface area (Å²) in [6.07, 6.45) is -1.51. The van der Waals surface area contributed by atoms with Crippen molar-refractivity contribution in [2.45, 2.75) is 97.4 Å². The number of hydrogen-bond acceptors (Lipinski definition) is 10. The third-order valence-electron chi connectivity index (χ3n) is 11.7. The monoisotopic (exact) mass is 892 g/mol. The Balaban J connectivity index is 1.35. The first-order valence-corrected chi connectivity index (χ1v) is 20.9. The fourth-order valence-electron chi connectivity index (χ4n) is 8.72. The fourth-order valence-corrected chi connectivity index (χ4v) is 8.72. The number of benzene rings is 2. The van der Waals surface area contributed by atoms with Crippen molar-refractivity contribution >= 4 is 58.2 Å². The molecule has 17 nitrogen and oxygen atoms in total. The highest BCUT2D eigenvalue weighted by Gasteiger charge is 2.79. The third kappa shape index (κ3) is 10.5. The van der Waals surface area contributed by atoms with Crippen LogP contribution in [0.25, 0.3) is 10.9 Å². The molecule has 2 fully saturated rings. The standard InChI is InChI=1S/C45H54F2N6O11/c1-22(2)35(51-39(59)29-16-15-24-11-8-9-14-28(24)48-29)41(61)49-31(20-34(57)58)40(60)52-36(23(3)4)42(62)53-18-17-25-38(44(5,6)7)45(25,53)43(63)50-30(19-33(55)56)32(54)21-64-37-26(46)12-10-13-27(37)47/h8-16,22-23,25,30-31,35-36,38H,17-21H2,1-7H3,(H,49,61)(H,50,63)(H,51,59)(H,52,60)(H,55,56)(H,57,58)/t25-,30+,31+,35+,36+,38?,45?/m1/s1. The van der Waals surface area contributed by atoms with Crippen molar-refractivity contribution in [3.8, 4) is 5.75 Å². The van der Waals surface area contributed by atoms with Crippen molar-refractivity contribution in [3.05, 3.63) is 71.9 Å². The van der Waals surface area contributed by atoms with Gasteiger partial charge >= 0.3 is 11.9 Å². The lowest BCUT2D eigenvalue weighted by Crippen LogP contribution is -2.62. The molecule has 2 heterocycles. The molecule has 5 amide bonds. The number of piperidine rings is 1. The number of pyridine rings is 1. The molecule has 1 saturated carbocycles. The molecule has 2 aromatic carbocycles. The SMILES string of the molecule is CC(C)[C@H](NC(=O)c1ccc2ccccc2n1)C(=O)N[C@@H](CC(=O)O)C(=O)N[C@H](C(=O)N1CC[C@@H]2C(C(C)(C)C)C21C(=O)N[C@@H](CC(=O)O)C(=O)COc1c(F)cccc1F)C(C)C. The molecule has 2 unspecified atom stereocenters. The second kappa shape index (κ2) is 19.5. The van der Waals surface area contributed by atoms with Crippen molar-refractivity contribution in [1.29, 1.82) is 0 Å². The molecular weight excluding hydrogens is 839 g/mol. The molecule has 6 N–H and O–H groups in total. The minimum atomic E-state index is -1.74. The largest absolute Gasteiger partial charge is 0.481 e. The maximum atomic E-state index is 14.7. The normalized spacial score (nSPS) is 19.8. The van der Waals surface area contributed by atoms with Crippen LogP contribution < -0.4 is 26.0 Å². The Morgan fingerprint density at radius 1 is 0.781 bits per heavy atom. The number of rotatable bonds is 19. The lowest BCUT2D eigenvalue weighted by atomic mass is 9.84. The van der Waals surface area contributed by atoms with Gasteiger partial charge in [0.25, 0.3) is 5.91 Å². The summed E-state index contributed by atoms with van der Waals surface area (Å²) in [5, 5.41) is 30.4. The van der Waals surface area contributed by atoms with E-state index in [9.17, 15) is 57.4 Å². The van der Waals surface area contributed by atoms with Crippen LogP contribution in [0.5, 0.6) is 5.75 Å². The Hall–Kier alpha value is -6.53. The zero-order valence-electron chi connectivity index (χ0n) is 36.6. The van der Waals surface area contributed by atoms with Crippen LogP contribution in [0.15, 0.2) is 54.6 Å². The summed E-state index contributed by atoms with van der Waals surface area (Å²) in [6.45, 7) is 11.0. The van der Waals surface area contributed by atoms with E-state index in [0.29, 0.717) is 11.9 Å². The van der Waals surface area contributed by atoms with Crippen LogP contribution in [0.4, 0.5) is 8.78 Å². The van der Waals surface area contributed by atoms with Crippen molar-refractivity contribution in [2.24, 2.45) is 29.1 Å². The molecule has 344 valence electrons. The molecule has 0 spiro atoms. The number of ether oxygens (including phenoxy) is 1. The Labute approximate surface area is 368 Å². The summed E-state index contributed by atoms with van der Waals surface area (Å²) in [5.74, 6) is -13.4. The van der Waals surface area contributed by atoms with E-state index >= 15 is 0 Å². The number of fused-ring (bicyclic) bond motifs is 2. The predicted molar refractivity (Wildman–Crippen MR) is 225 cm³/mol. The molecule has 3 aromatic rings. The highest BCUT2D eigenvalue weighted by Crippen LogP contribution is 2.67. The first kappa shape index (κ1) is 48.5. The van der Waals surface area contributed by atoms with E-state index in [2.05, 4.69) is 26.3 Å². The minimum absolute atomic E-state index is 0.0182. The molecule has 1 aliphatic carbocycles. The number of carboxylic acid groups (broad SMARTS) is 2. The molecule has 0 radical (unpaired) electrons. The van der Waals surface area contributed by atoms with E-state index in [1.165, 1.54) is 11.0 Å². The van der Waals surface area contributed by atoms with Gasteiger partial charge in [-0.2, -0.15) is 0 Å². The number of likely N-dealkylation sites (tertiary alicyclic amines) is 1. The number of para-hydroxylation sites is 2. The first-order valence-electron chi connectivity index (χ1n) is 20.9. The van der Waals surface area contributed by atoms with Gasteiger partial charge in [0.15, 0.2) is 23.2 Å². The highest BCUT2D eigenvalue weighted by molar-refractivity contribution is 6.03. The van der Waals surface area contributed by atoms with Crippen molar-refractivity contribution in [2.75, 3.05) is 13.2 Å². The van der Waals surface area contributed by atoms with Gasteiger partial charge in [-0.05, 0) is 53.9 Å². The van der Waals surface area contributed by atoms with Gasteiger partial charge < -0.3 is 41.1 Å². The lowest BCUT2D eigenvalue weighted by molar-refractivity contribution is -0.148. The summed E-state index contributed by atoms with van der Waals surface area (Å²) < 4.78 is 33.6. The van der Waals surface area contributed by atoms with Crippen molar-refractivity contribution in [3.63, 3.8) is 0 Å². The van der Waals surface area contributed by atoms with Crippen molar-refractivity contribution in [1.82, 2.24) is 31.2 Å². The van der Waals surface area contributed by atoms with E-state index in [0.717, 1.165) is 23.6 Å². The molecule has 19 heteroatoms. The van der Waals surface area contributed by atoms with E-state index < -0.39 is 143 Å².